The van der Waals surface area contributed by atoms with Crippen LogP contribution in [-0.4, -0.2) is 59.6 Å². The molecule has 22 heavy (non-hydrogen) atoms. The van der Waals surface area contributed by atoms with Crippen LogP contribution in [-0.2, 0) is 0 Å². The number of nitrogens with one attached hydrogen (secondary N) is 1. The summed E-state index contributed by atoms with van der Waals surface area (Å²) in [5, 5.41) is 12.4. The van der Waals surface area contributed by atoms with Gasteiger partial charge < -0.3 is 20.2 Å². The average molecular weight is 305 g/mol. The molecule has 1 fully saturated rings. The van der Waals surface area contributed by atoms with Gasteiger partial charge in [-0.1, -0.05) is 6.07 Å². The van der Waals surface area contributed by atoms with E-state index in [0.717, 1.165) is 12.8 Å². The summed E-state index contributed by atoms with van der Waals surface area (Å²) in [4.78, 5) is 27.6. The van der Waals surface area contributed by atoms with Crippen molar-refractivity contribution in [2.75, 3.05) is 26.7 Å². The molecule has 6 nitrogen and oxygen atoms in total. The second kappa shape index (κ2) is 7.15. The quantitative estimate of drug-likeness (QED) is 0.892. The van der Waals surface area contributed by atoms with E-state index in [4.69, 9.17) is 0 Å². The number of rotatable bonds is 3. The van der Waals surface area contributed by atoms with Crippen LogP contribution in [0.4, 0.5) is 4.79 Å². The lowest BCUT2D eigenvalue weighted by Gasteiger charge is -2.33. The molecule has 1 aromatic rings. The number of hydrogen-bond acceptors (Lipinski definition) is 3. The predicted octanol–water partition coefficient (Wildman–Crippen LogP) is 1.66. The number of phenolic OH excluding ortho intramolecular Hbond substituents is 1. The number of hydrogen-bond donors (Lipinski definition) is 2. The molecule has 6 heteroatoms. The van der Waals surface area contributed by atoms with Gasteiger partial charge in [0.2, 0.25) is 0 Å². The van der Waals surface area contributed by atoms with Gasteiger partial charge >= 0.3 is 6.03 Å². The van der Waals surface area contributed by atoms with Gasteiger partial charge in [-0.15, -0.1) is 0 Å². The standard InChI is InChI=1S/C16H23N3O3/c1-3-18(2)16(22)17-13-7-9-19(10-8-13)15(21)12-5-4-6-14(20)11-12/h4-6,11,13,20H,3,7-10H2,1-2H3,(H,17,22). The fourth-order valence-electron chi connectivity index (χ4n) is 2.48. The second-order valence-electron chi connectivity index (χ2n) is 5.58. The van der Waals surface area contributed by atoms with Crippen LogP contribution in [0.25, 0.3) is 0 Å². The van der Waals surface area contributed by atoms with E-state index in [1.807, 2.05) is 6.92 Å². The second-order valence-corrected chi connectivity index (χ2v) is 5.58. The van der Waals surface area contributed by atoms with Crippen molar-refractivity contribution in [3.05, 3.63) is 29.8 Å². The van der Waals surface area contributed by atoms with E-state index in [2.05, 4.69) is 5.32 Å². The molecule has 2 N–H and O–H groups in total. The van der Waals surface area contributed by atoms with Gasteiger partial charge in [0.25, 0.3) is 5.91 Å². The first-order valence-corrected chi connectivity index (χ1v) is 7.61. The Balaban J connectivity index is 1.87. The van der Waals surface area contributed by atoms with Crippen molar-refractivity contribution < 1.29 is 14.7 Å². The molecule has 0 bridgehead atoms. The summed E-state index contributed by atoms with van der Waals surface area (Å²) in [7, 11) is 1.76. The molecule has 1 aliphatic heterocycles. The molecule has 0 unspecified atom stereocenters. The van der Waals surface area contributed by atoms with Crippen molar-refractivity contribution in [3.63, 3.8) is 0 Å². The SMILES string of the molecule is CCN(C)C(=O)NC1CCN(C(=O)c2cccc(O)c2)CC1. The number of amides is 3. The molecule has 0 aliphatic carbocycles. The van der Waals surface area contributed by atoms with Gasteiger partial charge in [-0.05, 0) is 38.0 Å². The highest BCUT2D eigenvalue weighted by Crippen LogP contribution is 2.17. The van der Waals surface area contributed by atoms with Crippen LogP contribution in [0.3, 0.4) is 0 Å². The lowest BCUT2D eigenvalue weighted by molar-refractivity contribution is 0.0706. The number of nitrogens with zero attached hydrogens (tertiary/aromatic N) is 2. The first-order valence-electron chi connectivity index (χ1n) is 7.61. The van der Waals surface area contributed by atoms with E-state index in [-0.39, 0.29) is 23.7 Å². The fourth-order valence-corrected chi connectivity index (χ4v) is 2.48. The topological polar surface area (TPSA) is 72.9 Å². The molecular weight excluding hydrogens is 282 g/mol. The van der Waals surface area contributed by atoms with E-state index in [1.54, 1.807) is 35.0 Å². The third-order valence-electron chi connectivity index (χ3n) is 4.02. The number of likely N-dealkylation sites (tertiary alicyclic amines) is 1. The molecule has 0 saturated carbocycles. The third kappa shape index (κ3) is 3.90. The molecule has 120 valence electrons. The molecule has 2 rings (SSSR count). The largest absolute Gasteiger partial charge is 0.508 e. The Bertz CT molecular complexity index is 539. The zero-order valence-electron chi connectivity index (χ0n) is 13.1. The normalized spacial score (nSPS) is 15.5. The summed E-state index contributed by atoms with van der Waals surface area (Å²) in [6.07, 6.45) is 1.49. The van der Waals surface area contributed by atoms with Crippen LogP contribution >= 0.6 is 0 Å². The van der Waals surface area contributed by atoms with Crippen molar-refractivity contribution >= 4 is 11.9 Å². The molecule has 1 aromatic carbocycles. The van der Waals surface area contributed by atoms with Crippen molar-refractivity contribution in [1.82, 2.24) is 15.1 Å². The van der Waals surface area contributed by atoms with Gasteiger partial charge in [0, 0.05) is 38.3 Å². The Kier molecular flexibility index (Phi) is 5.25. The lowest BCUT2D eigenvalue weighted by atomic mass is 10.0. The number of urea groups is 1. The van der Waals surface area contributed by atoms with Gasteiger partial charge in [-0.3, -0.25) is 4.79 Å². The Morgan fingerprint density at radius 1 is 1.36 bits per heavy atom. The molecule has 0 atom stereocenters. The summed E-state index contributed by atoms with van der Waals surface area (Å²) >= 11 is 0. The van der Waals surface area contributed by atoms with E-state index < -0.39 is 0 Å². The van der Waals surface area contributed by atoms with E-state index in [9.17, 15) is 14.7 Å². The summed E-state index contributed by atoms with van der Waals surface area (Å²) in [6.45, 7) is 3.81. The Hall–Kier alpha value is -2.24. The molecular formula is C16H23N3O3. The van der Waals surface area contributed by atoms with Crippen molar-refractivity contribution in [2.24, 2.45) is 0 Å². The van der Waals surface area contributed by atoms with Gasteiger partial charge in [-0.25, -0.2) is 4.79 Å². The maximum atomic E-state index is 12.4. The van der Waals surface area contributed by atoms with Crippen LogP contribution in [0, 0.1) is 0 Å². The zero-order valence-corrected chi connectivity index (χ0v) is 13.1. The first kappa shape index (κ1) is 16.1. The highest BCUT2D eigenvalue weighted by molar-refractivity contribution is 5.94. The average Bonchev–Trinajstić information content (AvgIpc) is 2.54. The van der Waals surface area contributed by atoms with Crippen molar-refractivity contribution in [2.45, 2.75) is 25.8 Å². The Morgan fingerprint density at radius 2 is 2.05 bits per heavy atom. The molecule has 3 amide bonds. The molecule has 1 heterocycles. The molecule has 0 radical (unpaired) electrons. The number of carbonyl (C=O) groups is 2. The monoisotopic (exact) mass is 305 g/mol. The smallest absolute Gasteiger partial charge is 0.317 e. The molecule has 1 aliphatic rings. The first-order chi connectivity index (χ1) is 10.5. The molecule has 1 saturated heterocycles. The molecule has 0 aromatic heterocycles. The minimum Gasteiger partial charge on any atom is -0.508 e. The van der Waals surface area contributed by atoms with Crippen LogP contribution in [0.1, 0.15) is 30.1 Å². The van der Waals surface area contributed by atoms with Crippen LogP contribution in [0.15, 0.2) is 24.3 Å². The number of benzene rings is 1. The maximum absolute atomic E-state index is 12.4. The van der Waals surface area contributed by atoms with Gasteiger partial charge in [-0.2, -0.15) is 0 Å². The minimum atomic E-state index is -0.0775. The lowest BCUT2D eigenvalue weighted by Crippen LogP contribution is -2.49. The fraction of sp³-hybridized carbons (Fsp3) is 0.500. The number of aromatic hydroxyl groups is 1. The maximum Gasteiger partial charge on any atom is 0.317 e. The minimum absolute atomic E-state index is 0.0692. The van der Waals surface area contributed by atoms with Crippen LogP contribution in [0.2, 0.25) is 0 Å². The van der Waals surface area contributed by atoms with Crippen LogP contribution in [0.5, 0.6) is 5.75 Å². The predicted molar refractivity (Wildman–Crippen MR) is 83.9 cm³/mol. The number of piperidine rings is 1. The van der Waals surface area contributed by atoms with Gasteiger partial charge in [0.1, 0.15) is 5.75 Å². The van der Waals surface area contributed by atoms with Gasteiger partial charge in [0.15, 0.2) is 0 Å². The van der Waals surface area contributed by atoms with Crippen molar-refractivity contribution in [3.8, 4) is 5.75 Å². The summed E-state index contributed by atoms with van der Waals surface area (Å²) in [6, 6.07) is 6.42. The molecule has 0 spiro atoms. The summed E-state index contributed by atoms with van der Waals surface area (Å²) in [5.74, 6) is 0.0157. The van der Waals surface area contributed by atoms with E-state index >= 15 is 0 Å². The number of phenols is 1. The van der Waals surface area contributed by atoms with Crippen LogP contribution < -0.4 is 5.32 Å². The van der Waals surface area contributed by atoms with E-state index in [1.165, 1.54) is 6.07 Å². The zero-order chi connectivity index (χ0) is 16.1. The summed E-state index contributed by atoms with van der Waals surface area (Å²) in [5.41, 5.74) is 0.494. The Labute approximate surface area is 130 Å². The highest BCUT2D eigenvalue weighted by atomic mass is 16.3. The highest BCUT2D eigenvalue weighted by Gasteiger charge is 2.25. The summed E-state index contributed by atoms with van der Waals surface area (Å²) < 4.78 is 0. The third-order valence-corrected chi connectivity index (χ3v) is 4.02. The number of carbonyl (C=O) groups excluding carboxylic acids is 2. The Morgan fingerprint density at radius 3 is 2.64 bits per heavy atom. The van der Waals surface area contributed by atoms with Gasteiger partial charge in [0.05, 0.1) is 0 Å². The van der Waals surface area contributed by atoms with Crippen molar-refractivity contribution in [1.29, 1.82) is 0 Å². The van der Waals surface area contributed by atoms with E-state index in [0.29, 0.717) is 25.2 Å².